The number of Topliss-reactive ketones (excluding diaryl/α,β-unsaturated/α-hetero) is 1. The van der Waals surface area contributed by atoms with Gasteiger partial charge in [0.2, 0.25) is 0 Å². The molecule has 0 saturated heterocycles. The highest BCUT2D eigenvalue weighted by Crippen LogP contribution is 2.32. The van der Waals surface area contributed by atoms with E-state index in [1.54, 1.807) is 6.20 Å². The summed E-state index contributed by atoms with van der Waals surface area (Å²) in [6, 6.07) is 18.4. The van der Waals surface area contributed by atoms with Crippen LogP contribution in [0, 0.1) is 0 Å². The predicted molar refractivity (Wildman–Crippen MR) is 128 cm³/mol. The van der Waals surface area contributed by atoms with Crippen molar-refractivity contribution in [2.45, 2.75) is 32.5 Å². The molecule has 156 valence electrons. The number of nitrogen functional groups attached to an aromatic ring is 1. The fourth-order valence-electron chi connectivity index (χ4n) is 4.16. The van der Waals surface area contributed by atoms with Gasteiger partial charge in [-0.05, 0) is 40.6 Å². The average molecular weight is 448 g/mol. The number of halogens is 1. The van der Waals surface area contributed by atoms with E-state index in [0.717, 1.165) is 45.7 Å². The Kier molecular flexibility index (Phi) is 5.48. The number of carbonyl (C=O) groups excluding carboxylic acids is 1. The zero-order chi connectivity index (χ0) is 21.4. The summed E-state index contributed by atoms with van der Waals surface area (Å²) in [4.78, 5) is 21.1. The normalized spacial score (nSPS) is 13.6. The molecule has 31 heavy (non-hydrogen) atoms. The molecule has 3 heterocycles. The van der Waals surface area contributed by atoms with Crippen LogP contribution in [-0.2, 0) is 26.1 Å². The van der Waals surface area contributed by atoms with Crippen molar-refractivity contribution in [3.8, 4) is 0 Å². The van der Waals surface area contributed by atoms with E-state index < -0.39 is 0 Å². The maximum absolute atomic E-state index is 12.8. The van der Waals surface area contributed by atoms with E-state index in [-0.39, 0.29) is 5.78 Å². The molecule has 2 aromatic heterocycles. The second-order valence-electron chi connectivity index (χ2n) is 7.97. The molecule has 2 N–H and O–H groups in total. The molecule has 1 aliphatic rings. The number of nitrogens with two attached hydrogens (primary N) is 1. The van der Waals surface area contributed by atoms with E-state index in [9.17, 15) is 4.79 Å². The highest BCUT2D eigenvalue weighted by Gasteiger charge is 2.21. The molecule has 0 saturated carbocycles. The molecule has 5 rings (SSSR count). The molecular weight excluding hydrogens is 426 g/mol. The van der Waals surface area contributed by atoms with Crippen LogP contribution in [0.2, 0.25) is 5.02 Å². The van der Waals surface area contributed by atoms with Crippen LogP contribution in [0.15, 0.2) is 60.8 Å². The standard InChI is InChI=1S/C25H22ClN3OS/c26-21-12-23(31-24(21)15-29-13-18-3-1-2-4-19(18)14-29)22(30)8-6-16-5-7-20-17(11-16)9-10-28-25(20)27/h1-5,7,9-12H,6,8,13-15H2,(H2,27,28). The van der Waals surface area contributed by atoms with E-state index >= 15 is 0 Å². The highest BCUT2D eigenvalue weighted by atomic mass is 35.5. The summed E-state index contributed by atoms with van der Waals surface area (Å²) in [7, 11) is 0. The molecule has 4 nitrogen and oxygen atoms in total. The second-order valence-corrected chi connectivity index (χ2v) is 9.51. The molecule has 6 heteroatoms. The lowest BCUT2D eigenvalue weighted by Gasteiger charge is -2.13. The predicted octanol–water partition coefficient (Wildman–Crippen LogP) is 5.86. The number of hydrogen-bond acceptors (Lipinski definition) is 5. The number of carbonyl (C=O) groups is 1. The number of fused-ring (bicyclic) bond motifs is 2. The van der Waals surface area contributed by atoms with Crippen LogP contribution < -0.4 is 5.73 Å². The van der Waals surface area contributed by atoms with Crippen molar-refractivity contribution in [1.29, 1.82) is 0 Å². The van der Waals surface area contributed by atoms with Crippen LogP contribution >= 0.6 is 22.9 Å². The minimum atomic E-state index is 0.136. The van der Waals surface area contributed by atoms with Gasteiger partial charge < -0.3 is 5.73 Å². The van der Waals surface area contributed by atoms with Gasteiger partial charge in [-0.25, -0.2) is 4.98 Å². The summed E-state index contributed by atoms with van der Waals surface area (Å²) >= 11 is 8.01. The quantitative estimate of drug-likeness (QED) is 0.376. The molecule has 0 bridgehead atoms. The largest absolute Gasteiger partial charge is 0.383 e. The Morgan fingerprint density at radius 2 is 1.87 bits per heavy atom. The summed E-state index contributed by atoms with van der Waals surface area (Å²) in [5.74, 6) is 0.666. The lowest BCUT2D eigenvalue weighted by Crippen LogP contribution is -2.14. The van der Waals surface area contributed by atoms with Crippen LogP contribution in [0.5, 0.6) is 0 Å². The number of thiophene rings is 1. The van der Waals surface area contributed by atoms with Gasteiger partial charge in [0.25, 0.3) is 0 Å². The third kappa shape index (κ3) is 4.22. The summed E-state index contributed by atoms with van der Waals surface area (Å²) in [5, 5.41) is 2.68. The summed E-state index contributed by atoms with van der Waals surface area (Å²) < 4.78 is 0. The number of benzene rings is 2. The van der Waals surface area contributed by atoms with Gasteiger partial charge in [0.05, 0.1) is 9.90 Å². The molecule has 4 aromatic rings. The summed E-state index contributed by atoms with van der Waals surface area (Å²) in [5.41, 5.74) is 9.79. The van der Waals surface area contributed by atoms with Gasteiger partial charge in [0, 0.05) is 42.5 Å². The number of ketones is 1. The van der Waals surface area contributed by atoms with Crippen molar-refractivity contribution in [2.75, 3.05) is 5.73 Å². The number of nitrogens with zero attached hydrogens (tertiary/aromatic N) is 2. The first-order chi connectivity index (χ1) is 15.1. The van der Waals surface area contributed by atoms with Gasteiger partial charge in [-0.1, -0.05) is 54.1 Å². The Bertz CT molecular complexity index is 1260. The van der Waals surface area contributed by atoms with E-state index in [4.69, 9.17) is 17.3 Å². The molecule has 1 aliphatic heterocycles. The Morgan fingerprint density at radius 3 is 2.65 bits per heavy atom. The fraction of sp³-hybridized carbons (Fsp3) is 0.200. The van der Waals surface area contributed by atoms with Crippen LogP contribution in [0.25, 0.3) is 10.8 Å². The van der Waals surface area contributed by atoms with E-state index in [0.29, 0.717) is 23.7 Å². The maximum atomic E-state index is 12.8. The minimum Gasteiger partial charge on any atom is -0.383 e. The zero-order valence-corrected chi connectivity index (χ0v) is 18.5. The first kappa shape index (κ1) is 20.2. The average Bonchev–Trinajstić information content (AvgIpc) is 3.35. The molecule has 0 aliphatic carbocycles. The first-order valence-electron chi connectivity index (χ1n) is 10.3. The lowest BCUT2D eigenvalue weighted by molar-refractivity contribution is 0.0986. The van der Waals surface area contributed by atoms with Crippen LogP contribution in [0.3, 0.4) is 0 Å². The smallest absolute Gasteiger partial charge is 0.173 e. The van der Waals surface area contributed by atoms with Crippen LogP contribution in [0.1, 0.15) is 37.7 Å². The molecule has 0 fully saturated rings. The Balaban J connectivity index is 1.23. The number of rotatable bonds is 6. The van der Waals surface area contributed by atoms with E-state index in [1.165, 1.54) is 22.5 Å². The first-order valence-corrected chi connectivity index (χ1v) is 11.5. The Hall–Kier alpha value is -2.73. The van der Waals surface area contributed by atoms with Crippen molar-refractivity contribution < 1.29 is 4.79 Å². The lowest BCUT2D eigenvalue weighted by atomic mass is 10.0. The molecule has 0 unspecified atom stereocenters. The van der Waals surface area contributed by atoms with Crippen molar-refractivity contribution in [3.63, 3.8) is 0 Å². The van der Waals surface area contributed by atoms with Crippen LogP contribution in [-0.4, -0.2) is 15.7 Å². The molecule has 0 atom stereocenters. The molecule has 0 amide bonds. The Morgan fingerprint density at radius 1 is 1.10 bits per heavy atom. The third-order valence-corrected chi connectivity index (χ3v) is 7.42. The molecule has 0 spiro atoms. The SMILES string of the molecule is Nc1nccc2cc(CCC(=O)c3cc(Cl)c(CN4Cc5ccccc5C4)s3)ccc12. The third-order valence-electron chi connectivity index (χ3n) is 5.81. The van der Waals surface area contributed by atoms with Crippen molar-refractivity contribution in [2.24, 2.45) is 0 Å². The maximum Gasteiger partial charge on any atom is 0.173 e. The second kappa shape index (κ2) is 8.42. The topological polar surface area (TPSA) is 59.2 Å². The van der Waals surface area contributed by atoms with E-state index in [2.05, 4.69) is 40.2 Å². The molecular formula is C25H22ClN3OS. The molecule has 0 radical (unpaired) electrons. The van der Waals surface area contributed by atoms with Crippen molar-refractivity contribution >= 4 is 45.3 Å². The highest BCUT2D eigenvalue weighted by molar-refractivity contribution is 7.14. The van der Waals surface area contributed by atoms with Gasteiger partial charge in [-0.15, -0.1) is 11.3 Å². The number of pyridine rings is 1. The Labute approximate surface area is 190 Å². The monoisotopic (exact) mass is 447 g/mol. The number of hydrogen-bond donors (Lipinski definition) is 1. The van der Waals surface area contributed by atoms with Crippen LogP contribution in [0.4, 0.5) is 5.82 Å². The zero-order valence-electron chi connectivity index (χ0n) is 17.0. The van der Waals surface area contributed by atoms with Gasteiger partial charge >= 0.3 is 0 Å². The summed E-state index contributed by atoms with van der Waals surface area (Å²) in [6.07, 6.45) is 2.85. The summed E-state index contributed by atoms with van der Waals surface area (Å²) in [6.45, 7) is 2.62. The van der Waals surface area contributed by atoms with Crippen molar-refractivity contribution in [3.05, 3.63) is 92.3 Å². The van der Waals surface area contributed by atoms with Gasteiger partial charge in [0.15, 0.2) is 5.78 Å². The number of aromatic nitrogens is 1. The van der Waals surface area contributed by atoms with Gasteiger partial charge in [0.1, 0.15) is 5.82 Å². The van der Waals surface area contributed by atoms with Crippen molar-refractivity contribution in [1.82, 2.24) is 9.88 Å². The van der Waals surface area contributed by atoms with Gasteiger partial charge in [-0.3, -0.25) is 9.69 Å². The fourth-order valence-corrected chi connectivity index (χ4v) is 5.57. The van der Waals surface area contributed by atoms with Gasteiger partial charge in [-0.2, -0.15) is 0 Å². The number of aryl methyl sites for hydroxylation is 1. The molecule has 2 aromatic carbocycles. The van der Waals surface area contributed by atoms with E-state index in [1.807, 2.05) is 24.3 Å². The number of anilines is 1. The minimum absolute atomic E-state index is 0.136.